The molecule has 20 heavy (non-hydrogen) atoms. The Balaban J connectivity index is 0.00000361. The first-order chi connectivity index (χ1) is 8.81. The number of anilines is 1. The van der Waals surface area contributed by atoms with Gasteiger partial charge in [-0.15, -0.1) is 12.4 Å². The van der Waals surface area contributed by atoms with Crippen molar-refractivity contribution in [3.05, 3.63) is 29.6 Å². The van der Waals surface area contributed by atoms with Gasteiger partial charge in [-0.25, -0.2) is 4.39 Å². The molecular weight excluding hydrogens is 285 g/mol. The summed E-state index contributed by atoms with van der Waals surface area (Å²) >= 11 is 0. The fourth-order valence-electron chi connectivity index (χ4n) is 1.61. The van der Waals surface area contributed by atoms with Gasteiger partial charge in [0, 0.05) is 5.56 Å². The van der Waals surface area contributed by atoms with Crippen LogP contribution in [0.2, 0.25) is 0 Å². The molecule has 1 rings (SSSR count). The van der Waals surface area contributed by atoms with Crippen LogP contribution in [0, 0.1) is 11.7 Å². The Morgan fingerprint density at radius 2 is 1.95 bits per heavy atom. The van der Waals surface area contributed by atoms with Crippen LogP contribution in [0.25, 0.3) is 0 Å². The molecule has 0 aromatic heterocycles. The number of amides is 2. The molecular formula is C13H19ClFN3O2. The number of carbonyl (C=O) groups excluding carboxylic acids is 2. The molecule has 1 aromatic carbocycles. The molecule has 5 nitrogen and oxygen atoms in total. The number of benzene rings is 1. The van der Waals surface area contributed by atoms with Crippen LogP contribution in [-0.4, -0.2) is 17.9 Å². The van der Waals surface area contributed by atoms with Crippen LogP contribution in [0.5, 0.6) is 0 Å². The second-order valence-electron chi connectivity index (χ2n) is 4.78. The van der Waals surface area contributed by atoms with Crippen molar-refractivity contribution in [3.63, 3.8) is 0 Å². The molecule has 0 unspecified atom stereocenters. The molecule has 0 saturated carbocycles. The number of rotatable bonds is 5. The molecule has 0 aliphatic rings. The number of hydrogen-bond acceptors (Lipinski definition) is 3. The topological polar surface area (TPSA) is 98.2 Å². The van der Waals surface area contributed by atoms with Crippen LogP contribution < -0.4 is 16.8 Å². The van der Waals surface area contributed by atoms with Crippen LogP contribution in [-0.2, 0) is 4.79 Å². The van der Waals surface area contributed by atoms with Gasteiger partial charge < -0.3 is 16.8 Å². The molecule has 0 radical (unpaired) electrons. The zero-order valence-electron chi connectivity index (χ0n) is 11.4. The van der Waals surface area contributed by atoms with Gasteiger partial charge in [-0.3, -0.25) is 9.59 Å². The zero-order chi connectivity index (χ0) is 14.6. The molecule has 0 fully saturated rings. The largest absolute Gasteiger partial charge is 0.366 e. The Labute approximate surface area is 123 Å². The van der Waals surface area contributed by atoms with Crippen LogP contribution in [0.15, 0.2) is 18.2 Å². The Bertz CT molecular complexity index is 495. The van der Waals surface area contributed by atoms with E-state index >= 15 is 0 Å². The number of halogens is 2. The minimum absolute atomic E-state index is 0. The molecule has 7 heteroatoms. The highest BCUT2D eigenvalue weighted by molar-refractivity contribution is 5.98. The molecule has 1 aromatic rings. The zero-order valence-corrected chi connectivity index (χ0v) is 12.2. The van der Waals surface area contributed by atoms with Crippen molar-refractivity contribution in [2.24, 2.45) is 17.4 Å². The molecule has 0 saturated heterocycles. The van der Waals surface area contributed by atoms with E-state index in [2.05, 4.69) is 5.32 Å². The van der Waals surface area contributed by atoms with Gasteiger partial charge in [0.2, 0.25) is 11.8 Å². The van der Waals surface area contributed by atoms with Gasteiger partial charge in [0.25, 0.3) is 0 Å². The highest BCUT2D eigenvalue weighted by Crippen LogP contribution is 2.16. The standard InChI is InChI=1S/C13H18FN3O2.ClH/c1-7(2)5-10(15)13(19)17-11-6-8(12(16)18)3-4-9(11)14;/h3-4,6-7,10H,5,15H2,1-2H3,(H2,16,18)(H,17,19);1H/t10-;/m0./s1. The molecule has 0 aliphatic carbocycles. The van der Waals surface area contributed by atoms with E-state index in [1.807, 2.05) is 13.8 Å². The van der Waals surface area contributed by atoms with E-state index < -0.39 is 23.7 Å². The summed E-state index contributed by atoms with van der Waals surface area (Å²) in [6.07, 6.45) is 0.489. The van der Waals surface area contributed by atoms with Crippen molar-refractivity contribution in [1.29, 1.82) is 0 Å². The van der Waals surface area contributed by atoms with Crippen molar-refractivity contribution < 1.29 is 14.0 Å². The Hall–Kier alpha value is -1.66. The van der Waals surface area contributed by atoms with Crippen molar-refractivity contribution in [3.8, 4) is 0 Å². The Kier molecular flexibility index (Phi) is 7.17. The highest BCUT2D eigenvalue weighted by Gasteiger charge is 2.17. The summed E-state index contributed by atoms with van der Waals surface area (Å²) in [5.74, 6) is -1.58. The summed E-state index contributed by atoms with van der Waals surface area (Å²) in [6.45, 7) is 3.86. The van der Waals surface area contributed by atoms with E-state index in [-0.39, 0.29) is 29.6 Å². The molecule has 112 valence electrons. The molecule has 0 aliphatic heterocycles. The van der Waals surface area contributed by atoms with E-state index in [1.54, 1.807) is 0 Å². The van der Waals surface area contributed by atoms with Crippen LogP contribution >= 0.6 is 12.4 Å². The molecule has 0 heterocycles. The summed E-state index contributed by atoms with van der Waals surface area (Å²) in [6, 6.07) is 2.79. The van der Waals surface area contributed by atoms with Gasteiger partial charge in [0.15, 0.2) is 0 Å². The lowest BCUT2D eigenvalue weighted by atomic mass is 10.0. The minimum Gasteiger partial charge on any atom is -0.366 e. The van der Waals surface area contributed by atoms with Gasteiger partial charge in [0.1, 0.15) is 5.82 Å². The maximum absolute atomic E-state index is 13.5. The quantitative estimate of drug-likeness (QED) is 0.771. The number of primary amides is 1. The van der Waals surface area contributed by atoms with Crippen molar-refractivity contribution in [2.75, 3.05) is 5.32 Å². The first-order valence-corrected chi connectivity index (χ1v) is 5.97. The van der Waals surface area contributed by atoms with E-state index in [0.717, 1.165) is 6.07 Å². The SMILES string of the molecule is CC(C)C[C@H](N)C(=O)Nc1cc(C(N)=O)ccc1F.Cl. The molecule has 0 bridgehead atoms. The summed E-state index contributed by atoms with van der Waals surface area (Å²) in [7, 11) is 0. The maximum atomic E-state index is 13.5. The third-order valence-corrected chi connectivity index (χ3v) is 2.57. The molecule has 0 spiro atoms. The van der Waals surface area contributed by atoms with Gasteiger partial charge in [-0.1, -0.05) is 13.8 Å². The summed E-state index contributed by atoms with van der Waals surface area (Å²) in [5.41, 5.74) is 10.8. The normalized spacial score (nSPS) is 11.7. The number of nitrogens with two attached hydrogens (primary N) is 2. The fraction of sp³-hybridized carbons (Fsp3) is 0.385. The molecule has 1 atom stereocenters. The second-order valence-corrected chi connectivity index (χ2v) is 4.78. The Morgan fingerprint density at radius 1 is 1.35 bits per heavy atom. The number of carbonyl (C=O) groups is 2. The van der Waals surface area contributed by atoms with Crippen molar-refractivity contribution >= 4 is 29.9 Å². The lowest BCUT2D eigenvalue weighted by Gasteiger charge is -2.14. The number of nitrogens with one attached hydrogen (secondary N) is 1. The van der Waals surface area contributed by atoms with Crippen LogP contribution in [0.3, 0.4) is 0 Å². The summed E-state index contributed by atoms with van der Waals surface area (Å²) in [5, 5.41) is 2.36. The van der Waals surface area contributed by atoms with Gasteiger partial charge >= 0.3 is 0 Å². The fourth-order valence-corrected chi connectivity index (χ4v) is 1.61. The van der Waals surface area contributed by atoms with Gasteiger partial charge in [-0.2, -0.15) is 0 Å². The highest BCUT2D eigenvalue weighted by atomic mass is 35.5. The predicted octanol–water partition coefficient (Wildman–Crippen LogP) is 1.66. The molecule has 2 amide bonds. The van der Waals surface area contributed by atoms with Gasteiger partial charge in [0.05, 0.1) is 11.7 Å². The smallest absolute Gasteiger partial charge is 0.248 e. The van der Waals surface area contributed by atoms with E-state index in [0.29, 0.717) is 6.42 Å². The summed E-state index contributed by atoms with van der Waals surface area (Å²) < 4.78 is 13.5. The van der Waals surface area contributed by atoms with Gasteiger partial charge in [-0.05, 0) is 30.5 Å². The van der Waals surface area contributed by atoms with E-state index in [9.17, 15) is 14.0 Å². The maximum Gasteiger partial charge on any atom is 0.248 e. The van der Waals surface area contributed by atoms with E-state index in [1.165, 1.54) is 12.1 Å². The lowest BCUT2D eigenvalue weighted by Crippen LogP contribution is -2.36. The summed E-state index contributed by atoms with van der Waals surface area (Å²) in [4.78, 5) is 22.8. The van der Waals surface area contributed by atoms with Crippen LogP contribution in [0.4, 0.5) is 10.1 Å². The average Bonchev–Trinajstić information content (AvgIpc) is 2.30. The van der Waals surface area contributed by atoms with Crippen LogP contribution in [0.1, 0.15) is 30.6 Å². The van der Waals surface area contributed by atoms with Crippen molar-refractivity contribution in [1.82, 2.24) is 0 Å². The average molecular weight is 304 g/mol. The first kappa shape index (κ1) is 18.3. The van der Waals surface area contributed by atoms with Crippen molar-refractivity contribution in [2.45, 2.75) is 26.3 Å². The lowest BCUT2D eigenvalue weighted by molar-refractivity contribution is -0.117. The predicted molar refractivity (Wildman–Crippen MR) is 78.2 cm³/mol. The third kappa shape index (κ3) is 5.14. The first-order valence-electron chi connectivity index (χ1n) is 5.97. The van der Waals surface area contributed by atoms with E-state index in [4.69, 9.17) is 11.5 Å². The minimum atomic E-state index is -0.725. The number of hydrogen-bond donors (Lipinski definition) is 3. The third-order valence-electron chi connectivity index (χ3n) is 2.57. The second kappa shape index (κ2) is 7.81. The Morgan fingerprint density at radius 3 is 2.45 bits per heavy atom. The molecule has 5 N–H and O–H groups in total. The monoisotopic (exact) mass is 303 g/mol.